The van der Waals surface area contributed by atoms with Gasteiger partial charge in [0.25, 0.3) is 0 Å². The van der Waals surface area contributed by atoms with Crippen molar-refractivity contribution in [2.45, 2.75) is 76.6 Å². The zero-order valence-electron chi connectivity index (χ0n) is 25.4. The lowest BCUT2D eigenvalue weighted by Gasteiger charge is -2.29. The third-order valence-corrected chi connectivity index (χ3v) is 8.46. The molecule has 2 aliphatic heterocycles. The maximum absolute atomic E-state index is 14.0. The second kappa shape index (κ2) is 11.4. The molecule has 2 heterocycles. The summed E-state index contributed by atoms with van der Waals surface area (Å²) in [7, 11) is 0. The highest BCUT2D eigenvalue weighted by molar-refractivity contribution is 6.08. The van der Waals surface area contributed by atoms with Crippen molar-refractivity contribution >= 4 is 29.6 Å². The predicted octanol–water partition coefficient (Wildman–Crippen LogP) is 4.64. The van der Waals surface area contributed by atoms with Gasteiger partial charge in [-0.15, -0.1) is 0 Å². The molecule has 3 atom stereocenters. The lowest BCUT2D eigenvalue weighted by molar-refractivity contribution is -0.158. The number of aryl methyl sites for hydroxylation is 1. The summed E-state index contributed by atoms with van der Waals surface area (Å²) < 4.78 is 11.1. The Morgan fingerprint density at radius 1 is 0.932 bits per heavy atom. The fraction of sp³-hybridized carbons (Fsp3) is 0.371. The Morgan fingerprint density at radius 2 is 1.57 bits per heavy atom. The van der Waals surface area contributed by atoms with E-state index in [2.05, 4.69) is 22.8 Å². The number of amides is 3. The number of alkyl carbamates (subject to hydrolysis) is 1. The lowest BCUT2D eigenvalue weighted by atomic mass is 9.98. The van der Waals surface area contributed by atoms with E-state index in [0.29, 0.717) is 24.9 Å². The second-order valence-corrected chi connectivity index (χ2v) is 12.7. The van der Waals surface area contributed by atoms with Crippen molar-refractivity contribution in [1.29, 1.82) is 0 Å². The number of benzene rings is 3. The monoisotopic (exact) mass is 595 g/mol. The predicted molar refractivity (Wildman–Crippen MR) is 165 cm³/mol. The Balaban J connectivity index is 1.16. The van der Waals surface area contributed by atoms with E-state index in [-0.39, 0.29) is 18.4 Å². The normalized spacial score (nSPS) is 19.3. The third-order valence-electron chi connectivity index (χ3n) is 8.46. The maximum Gasteiger partial charge on any atom is 0.407 e. The molecule has 3 aromatic carbocycles. The molecular weight excluding hydrogens is 558 g/mol. The molecule has 6 rings (SSSR count). The summed E-state index contributed by atoms with van der Waals surface area (Å²) in [5.41, 5.74) is 6.27. The molecule has 9 nitrogen and oxygen atoms in total. The lowest BCUT2D eigenvalue weighted by Crippen LogP contribution is -2.56. The quantitative estimate of drug-likeness (QED) is 0.402. The number of esters is 1. The fourth-order valence-electron chi connectivity index (χ4n) is 6.52. The molecule has 0 saturated heterocycles. The maximum atomic E-state index is 14.0. The van der Waals surface area contributed by atoms with Crippen LogP contribution in [-0.2, 0) is 36.7 Å². The minimum Gasteiger partial charge on any atom is -0.458 e. The van der Waals surface area contributed by atoms with Gasteiger partial charge in [0, 0.05) is 12.3 Å². The number of ether oxygens (including phenoxy) is 2. The molecule has 228 valence electrons. The molecular formula is C35H37N3O6. The smallest absolute Gasteiger partial charge is 0.407 e. The van der Waals surface area contributed by atoms with E-state index < -0.39 is 41.7 Å². The van der Waals surface area contributed by atoms with Gasteiger partial charge in [-0.05, 0) is 73.9 Å². The number of carbonyl (C=O) groups is 4. The Morgan fingerprint density at radius 3 is 2.23 bits per heavy atom. The van der Waals surface area contributed by atoms with Crippen molar-refractivity contribution in [3.8, 4) is 11.1 Å². The van der Waals surface area contributed by atoms with Crippen molar-refractivity contribution in [2.24, 2.45) is 0 Å². The van der Waals surface area contributed by atoms with Crippen LogP contribution < -0.4 is 15.5 Å². The van der Waals surface area contributed by atoms with Crippen molar-refractivity contribution in [3.63, 3.8) is 0 Å². The zero-order valence-corrected chi connectivity index (χ0v) is 25.4. The first-order valence-corrected chi connectivity index (χ1v) is 15.1. The molecule has 2 N–H and O–H groups in total. The van der Waals surface area contributed by atoms with Crippen LogP contribution in [0.4, 0.5) is 10.5 Å². The Labute approximate surface area is 256 Å². The van der Waals surface area contributed by atoms with Gasteiger partial charge in [0.05, 0.1) is 5.69 Å². The van der Waals surface area contributed by atoms with Gasteiger partial charge in [0.15, 0.2) is 0 Å². The molecule has 3 amide bonds. The molecule has 0 radical (unpaired) electrons. The van der Waals surface area contributed by atoms with Crippen LogP contribution >= 0.6 is 0 Å². The van der Waals surface area contributed by atoms with Gasteiger partial charge in [-0.25, -0.2) is 9.59 Å². The minimum atomic E-state index is -0.901. The molecule has 0 saturated carbocycles. The van der Waals surface area contributed by atoms with E-state index >= 15 is 0 Å². The molecule has 0 unspecified atom stereocenters. The molecule has 3 aromatic rings. The van der Waals surface area contributed by atoms with E-state index in [9.17, 15) is 19.2 Å². The highest BCUT2D eigenvalue weighted by Crippen LogP contribution is 2.44. The Bertz CT molecular complexity index is 1600. The number of fused-ring (bicyclic) bond motifs is 3. The van der Waals surface area contributed by atoms with E-state index in [1.54, 1.807) is 27.7 Å². The summed E-state index contributed by atoms with van der Waals surface area (Å²) in [4.78, 5) is 54.7. The van der Waals surface area contributed by atoms with Crippen molar-refractivity contribution in [3.05, 3.63) is 89.0 Å². The number of anilines is 1. The Hall–Kier alpha value is -4.66. The number of nitrogens with one attached hydrogen (secondary N) is 2. The average Bonchev–Trinajstić information content (AvgIpc) is 3.49. The van der Waals surface area contributed by atoms with E-state index in [4.69, 9.17) is 9.47 Å². The summed E-state index contributed by atoms with van der Waals surface area (Å²) in [5.74, 6) is -1.50. The SMILES string of the molecule is C[C@H](NC(=O)[C@@H]1Cc2cccc3c2N1C(=O)[C@@H](NC(=O)OCC1c2ccccc2-c2ccccc21)CC3)C(=O)OC(C)(C)C. The first kappa shape index (κ1) is 29.4. The fourth-order valence-corrected chi connectivity index (χ4v) is 6.52. The van der Waals surface area contributed by atoms with Gasteiger partial charge >= 0.3 is 12.1 Å². The molecule has 0 fully saturated rings. The summed E-state index contributed by atoms with van der Waals surface area (Å²) in [6, 6.07) is 19.3. The van der Waals surface area contributed by atoms with Crippen LogP contribution in [-0.4, -0.2) is 54.2 Å². The third kappa shape index (κ3) is 5.54. The molecule has 0 bridgehead atoms. The van der Waals surface area contributed by atoms with E-state index in [1.165, 1.54) is 4.90 Å². The van der Waals surface area contributed by atoms with Gasteiger partial charge in [0.2, 0.25) is 11.8 Å². The second-order valence-electron chi connectivity index (χ2n) is 12.7. The summed E-state index contributed by atoms with van der Waals surface area (Å²) in [6.07, 6.45) is 0.524. The van der Waals surface area contributed by atoms with Crippen molar-refractivity contribution in [2.75, 3.05) is 11.5 Å². The topological polar surface area (TPSA) is 114 Å². The highest BCUT2D eigenvalue weighted by Gasteiger charge is 2.44. The van der Waals surface area contributed by atoms with Crippen molar-refractivity contribution < 1.29 is 28.7 Å². The summed E-state index contributed by atoms with van der Waals surface area (Å²) in [6.45, 7) is 6.96. The van der Waals surface area contributed by atoms with Crippen LogP contribution in [0.3, 0.4) is 0 Å². The van der Waals surface area contributed by atoms with Crippen LogP contribution in [0.15, 0.2) is 66.7 Å². The molecule has 0 aromatic heterocycles. The first-order chi connectivity index (χ1) is 21.0. The highest BCUT2D eigenvalue weighted by atomic mass is 16.6. The number of hydrogen-bond donors (Lipinski definition) is 2. The van der Waals surface area contributed by atoms with Crippen LogP contribution in [0.1, 0.15) is 62.3 Å². The molecule has 3 aliphatic rings. The minimum absolute atomic E-state index is 0.108. The number of para-hydroxylation sites is 1. The first-order valence-electron chi connectivity index (χ1n) is 15.1. The van der Waals surface area contributed by atoms with E-state index in [0.717, 1.165) is 33.4 Å². The average molecular weight is 596 g/mol. The van der Waals surface area contributed by atoms with Crippen LogP contribution in [0.25, 0.3) is 11.1 Å². The largest absolute Gasteiger partial charge is 0.458 e. The zero-order chi connectivity index (χ0) is 31.2. The van der Waals surface area contributed by atoms with Gasteiger partial charge in [-0.1, -0.05) is 66.7 Å². The van der Waals surface area contributed by atoms with E-state index in [1.807, 2.05) is 54.6 Å². The van der Waals surface area contributed by atoms with Crippen LogP contribution in [0.5, 0.6) is 0 Å². The number of carbonyl (C=O) groups excluding carboxylic acids is 4. The van der Waals surface area contributed by atoms with Gasteiger partial charge in [-0.3, -0.25) is 14.5 Å². The number of hydrogen-bond acceptors (Lipinski definition) is 6. The molecule has 0 spiro atoms. The Kier molecular flexibility index (Phi) is 7.65. The standard InChI is InChI=1S/C35H37N3O6/c1-20(33(41)44-35(2,3)4)36-31(39)29-18-22-11-9-10-21-16-17-28(32(40)38(29)30(21)22)37-34(42)43-19-27-25-14-7-5-12-23(25)24-13-6-8-15-26(24)27/h5-15,20,27-29H,16-19H2,1-4H3,(H,36,39)(H,37,42)/t20-,28-,29-/m0/s1. The summed E-state index contributed by atoms with van der Waals surface area (Å²) >= 11 is 0. The van der Waals surface area contributed by atoms with Crippen LogP contribution in [0.2, 0.25) is 0 Å². The van der Waals surface area contributed by atoms with Crippen molar-refractivity contribution in [1.82, 2.24) is 10.6 Å². The van der Waals surface area contributed by atoms with Gasteiger partial charge in [0.1, 0.15) is 30.3 Å². The number of rotatable bonds is 6. The molecule has 1 aliphatic carbocycles. The number of nitrogens with zero attached hydrogens (tertiary/aromatic N) is 1. The van der Waals surface area contributed by atoms with Crippen LogP contribution in [0, 0.1) is 0 Å². The molecule has 9 heteroatoms. The molecule has 44 heavy (non-hydrogen) atoms. The van der Waals surface area contributed by atoms with Gasteiger partial charge in [-0.2, -0.15) is 0 Å². The van der Waals surface area contributed by atoms with Gasteiger partial charge < -0.3 is 20.1 Å². The summed E-state index contributed by atoms with van der Waals surface area (Å²) in [5, 5.41) is 5.52.